The molecule has 2 unspecified atom stereocenters. The van der Waals surface area contributed by atoms with E-state index in [9.17, 15) is 5.11 Å². The van der Waals surface area contributed by atoms with Crippen LogP contribution in [0.15, 0.2) is 0 Å². The van der Waals surface area contributed by atoms with E-state index in [2.05, 4.69) is 30.0 Å². The van der Waals surface area contributed by atoms with Crippen molar-refractivity contribution in [2.24, 2.45) is 0 Å². The van der Waals surface area contributed by atoms with Gasteiger partial charge < -0.3 is 5.11 Å². The summed E-state index contributed by atoms with van der Waals surface area (Å²) >= 11 is 0. The van der Waals surface area contributed by atoms with E-state index in [4.69, 9.17) is 0 Å². The lowest BCUT2D eigenvalue weighted by Crippen LogP contribution is -2.36. The summed E-state index contributed by atoms with van der Waals surface area (Å²) in [5.74, 6) is 0. The van der Waals surface area contributed by atoms with Crippen molar-refractivity contribution in [3.63, 3.8) is 0 Å². The van der Waals surface area contributed by atoms with Crippen molar-refractivity contribution < 1.29 is 5.11 Å². The zero-order valence-electron chi connectivity index (χ0n) is 9.34. The molecular formula is C11H25OP. The van der Waals surface area contributed by atoms with Crippen LogP contribution < -0.4 is 0 Å². The molecule has 0 rings (SSSR count). The zero-order valence-corrected chi connectivity index (χ0v) is 10.5. The maximum Gasteiger partial charge on any atom is 0.0707 e. The summed E-state index contributed by atoms with van der Waals surface area (Å²) < 4.78 is 0. The van der Waals surface area contributed by atoms with Crippen LogP contribution in [0.1, 0.15) is 59.3 Å². The van der Waals surface area contributed by atoms with E-state index in [1.807, 2.05) is 0 Å². The Morgan fingerprint density at radius 2 is 1.54 bits per heavy atom. The molecule has 0 saturated heterocycles. The summed E-state index contributed by atoms with van der Waals surface area (Å²) in [5.41, 5.74) is -0.123. The number of hydrogen-bond donors (Lipinski definition) is 1. The molecule has 0 bridgehead atoms. The minimum absolute atomic E-state index is 0.311. The summed E-state index contributed by atoms with van der Waals surface area (Å²) in [6.07, 6.45) is 6.53. The van der Waals surface area contributed by atoms with Gasteiger partial charge in [0.2, 0.25) is 0 Å². The van der Waals surface area contributed by atoms with Crippen molar-refractivity contribution in [2.45, 2.75) is 70.6 Å². The van der Waals surface area contributed by atoms with Gasteiger partial charge in [0.05, 0.1) is 5.60 Å². The highest BCUT2D eigenvalue weighted by Crippen LogP contribution is 2.29. The third-order valence-corrected chi connectivity index (χ3v) is 3.39. The summed E-state index contributed by atoms with van der Waals surface area (Å²) in [5, 5.41) is 10.3. The molecule has 2 heteroatoms. The van der Waals surface area contributed by atoms with Gasteiger partial charge in [-0.3, -0.25) is 0 Å². The molecule has 0 saturated carbocycles. The number of rotatable bonds is 7. The summed E-state index contributed by atoms with van der Waals surface area (Å²) in [6, 6.07) is 0. The molecule has 0 aliphatic heterocycles. The third kappa shape index (κ3) is 4.98. The first-order chi connectivity index (χ1) is 6.06. The Morgan fingerprint density at radius 3 is 1.77 bits per heavy atom. The lowest BCUT2D eigenvalue weighted by atomic mass is 9.88. The van der Waals surface area contributed by atoms with Crippen LogP contribution in [-0.2, 0) is 0 Å². The fourth-order valence-electron chi connectivity index (χ4n) is 1.55. The predicted molar refractivity (Wildman–Crippen MR) is 63.2 cm³/mol. The van der Waals surface area contributed by atoms with E-state index in [0.717, 1.165) is 25.7 Å². The Kier molecular flexibility index (Phi) is 6.99. The first-order valence-electron chi connectivity index (χ1n) is 5.54. The minimum atomic E-state index is -0.434. The van der Waals surface area contributed by atoms with E-state index in [-0.39, 0.29) is 0 Å². The van der Waals surface area contributed by atoms with Crippen LogP contribution in [0.2, 0.25) is 0 Å². The topological polar surface area (TPSA) is 20.2 Å². The lowest BCUT2D eigenvalue weighted by molar-refractivity contribution is 0.0201. The Hall–Kier alpha value is 0.390. The van der Waals surface area contributed by atoms with Gasteiger partial charge in [0.1, 0.15) is 0 Å². The van der Waals surface area contributed by atoms with Crippen molar-refractivity contribution in [3.05, 3.63) is 0 Å². The van der Waals surface area contributed by atoms with Crippen LogP contribution in [0.3, 0.4) is 0 Å². The molecule has 0 radical (unpaired) electrons. The maximum atomic E-state index is 10.3. The molecule has 13 heavy (non-hydrogen) atoms. The van der Waals surface area contributed by atoms with E-state index < -0.39 is 5.60 Å². The van der Waals surface area contributed by atoms with Crippen LogP contribution in [0.5, 0.6) is 0 Å². The quantitative estimate of drug-likeness (QED) is 0.630. The second-order valence-corrected chi connectivity index (χ2v) is 5.10. The molecule has 80 valence electrons. The summed E-state index contributed by atoms with van der Waals surface area (Å²) in [4.78, 5) is 0. The number of unbranched alkanes of at least 4 members (excludes halogenated alkanes) is 2. The first-order valence-corrected chi connectivity index (χ1v) is 6.21. The highest BCUT2D eigenvalue weighted by atomic mass is 31.0. The SMILES string of the molecule is CCCCC(O)(CCCC)C(C)P. The van der Waals surface area contributed by atoms with Crippen molar-refractivity contribution in [1.29, 1.82) is 0 Å². The standard InChI is InChI=1S/C11H25OP/c1-4-6-8-11(12,10(3)13)9-7-5-2/h10,12H,4-9,13H2,1-3H3. The molecular weight excluding hydrogens is 179 g/mol. The van der Waals surface area contributed by atoms with Gasteiger partial charge >= 0.3 is 0 Å². The summed E-state index contributed by atoms with van der Waals surface area (Å²) in [7, 11) is 2.74. The average molecular weight is 204 g/mol. The predicted octanol–water partition coefficient (Wildman–Crippen LogP) is 3.36. The van der Waals surface area contributed by atoms with Crippen molar-refractivity contribution in [3.8, 4) is 0 Å². The zero-order chi connectivity index (χ0) is 10.3. The highest BCUT2D eigenvalue weighted by Gasteiger charge is 2.29. The fourth-order valence-corrected chi connectivity index (χ4v) is 1.88. The van der Waals surface area contributed by atoms with Gasteiger partial charge in [-0.05, 0) is 18.5 Å². The lowest BCUT2D eigenvalue weighted by Gasteiger charge is -2.32. The van der Waals surface area contributed by atoms with E-state index in [1.54, 1.807) is 0 Å². The monoisotopic (exact) mass is 204 g/mol. The molecule has 0 heterocycles. The molecule has 1 N–H and O–H groups in total. The van der Waals surface area contributed by atoms with E-state index in [1.165, 1.54) is 12.8 Å². The van der Waals surface area contributed by atoms with Gasteiger partial charge in [-0.15, -0.1) is 9.24 Å². The second kappa shape index (κ2) is 6.79. The van der Waals surface area contributed by atoms with Gasteiger partial charge in [0.25, 0.3) is 0 Å². The van der Waals surface area contributed by atoms with E-state index in [0.29, 0.717) is 5.66 Å². The molecule has 0 amide bonds. The largest absolute Gasteiger partial charge is 0.389 e. The van der Waals surface area contributed by atoms with Crippen LogP contribution in [0, 0.1) is 0 Å². The van der Waals surface area contributed by atoms with Crippen LogP contribution in [0.4, 0.5) is 0 Å². The first kappa shape index (κ1) is 13.4. The molecule has 0 aromatic rings. The van der Waals surface area contributed by atoms with Gasteiger partial charge in [-0.2, -0.15) is 0 Å². The van der Waals surface area contributed by atoms with Crippen LogP contribution in [0.25, 0.3) is 0 Å². The van der Waals surface area contributed by atoms with Gasteiger partial charge in [-0.1, -0.05) is 46.5 Å². The normalized spacial score (nSPS) is 14.5. The molecule has 1 nitrogen and oxygen atoms in total. The van der Waals surface area contributed by atoms with Crippen molar-refractivity contribution in [1.82, 2.24) is 0 Å². The van der Waals surface area contributed by atoms with Crippen molar-refractivity contribution >= 4 is 9.24 Å². The molecule has 0 aliphatic carbocycles. The Bertz CT molecular complexity index is 115. The Balaban J connectivity index is 4.00. The smallest absolute Gasteiger partial charge is 0.0707 e. The fraction of sp³-hybridized carbons (Fsp3) is 1.00. The van der Waals surface area contributed by atoms with Gasteiger partial charge in [-0.25, -0.2) is 0 Å². The van der Waals surface area contributed by atoms with Crippen LogP contribution in [-0.4, -0.2) is 16.4 Å². The Morgan fingerprint density at radius 1 is 1.15 bits per heavy atom. The van der Waals surface area contributed by atoms with E-state index >= 15 is 0 Å². The Labute approximate surface area is 85.5 Å². The second-order valence-electron chi connectivity index (χ2n) is 4.10. The van der Waals surface area contributed by atoms with Crippen LogP contribution >= 0.6 is 9.24 Å². The molecule has 0 aromatic carbocycles. The maximum absolute atomic E-state index is 10.3. The molecule has 0 aliphatic rings. The van der Waals surface area contributed by atoms with Gasteiger partial charge in [0, 0.05) is 0 Å². The van der Waals surface area contributed by atoms with Crippen molar-refractivity contribution in [2.75, 3.05) is 0 Å². The summed E-state index contributed by atoms with van der Waals surface area (Å²) in [6.45, 7) is 6.44. The molecule has 0 spiro atoms. The molecule has 0 fully saturated rings. The number of hydrogen-bond acceptors (Lipinski definition) is 1. The third-order valence-electron chi connectivity index (χ3n) is 2.77. The number of aliphatic hydroxyl groups is 1. The molecule has 2 atom stereocenters. The molecule has 0 aromatic heterocycles. The average Bonchev–Trinajstić information content (AvgIpc) is 2.11. The van der Waals surface area contributed by atoms with Gasteiger partial charge in [0.15, 0.2) is 0 Å². The highest BCUT2D eigenvalue weighted by molar-refractivity contribution is 7.17. The minimum Gasteiger partial charge on any atom is -0.389 e.